The molecule has 2 amide bonds. The number of nitrogens with two attached hydrogens (primary N) is 1. The lowest BCUT2D eigenvalue weighted by Crippen LogP contribution is -2.47. The van der Waals surface area contributed by atoms with Crippen LogP contribution in [-0.2, 0) is 28.5 Å². The van der Waals surface area contributed by atoms with E-state index in [4.69, 9.17) is 24.7 Å². The normalized spacial score (nSPS) is 17.7. The Hall–Kier alpha value is -3.39. The first-order valence-corrected chi connectivity index (χ1v) is 12.9. The van der Waals surface area contributed by atoms with Gasteiger partial charge in [-0.25, -0.2) is 19.4 Å². The van der Waals surface area contributed by atoms with Gasteiger partial charge in [0.1, 0.15) is 39.5 Å². The largest absolute Gasteiger partial charge is 0.468 e. The SMILES string of the molecule is COC(=O)C(C)S/C(=N/NC(=O)OC(C)(C)C)c1ccc(N2CC([C@H](N)C(=O)OC(C)(C)C)OC2=O)cc1F. The maximum absolute atomic E-state index is 15.3. The van der Waals surface area contributed by atoms with E-state index in [1.54, 1.807) is 41.5 Å². The molecule has 1 saturated heterocycles. The first-order valence-electron chi connectivity index (χ1n) is 12.0. The van der Waals surface area contributed by atoms with Crippen LogP contribution in [0.5, 0.6) is 0 Å². The van der Waals surface area contributed by atoms with Crippen LogP contribution in [0.25, 0.3) is 0 Å². The quantitative estimate of drug-likeness (QED) is 0.164. The molecule has 1 aromatic rings. The van der Waals surface area contributed by atoms with Crippen LogP contribution >= 0.6 is 11.8 Å². The molecule has 12 nitrogen and oxygen atoms in total. The highest BCUT2D eigenvalue weighted by Crippen LogP contribution is 2.28. The van der Waals surface area contributed by atoms with Gasteiger partial charge in [-0.1, -0.05) is 11.8 Å². The summed E-state index contributed by atoms with van der Waals surface area (Å²) in [6.07, 6.45) is -2.71. The zero-order valence-electron chi connectivity index (χ0n) is 23.2. The van der Waals surface area contributed by atoms with Gasteiger partial charge >= 0.3 is 24.1 Å². The number of carbonyl (C=O) groups is 4. The minimum atomic E-state index is -1.24. The molecule has 39 heavy (non-hydrogen) atoms. The van der Waals surface area contributed by atoms with E-state index < -0.39 is 58.5 Å². The molecule has 1 aliphatic heterocycles. The second kappa shape index (κ2) is 12.6. The Morgan fingerprint density at radius 1 is 1.15 bits per heavy atom. The van der Waals surface area contributed by atoms with E-state index in [-0.39, 0.29) is 22.8 Å². The minimum Gasteiger partial charge on any atom is -0.468 e. The summed E-state index contributed by atoms with van der Waals surface area (Å²) in [7, 11) is 1.21. The van der Waals surface area contributed by atoms with Crippen molar-refractivity contribution in [2.24, 2.45) is 10.8 Å². The van der Waals surface area contributed by atoms with Crippen molar-refractivity contribution in [2.45, 2.75) is 77.1 Å². The van der Waals surface area contributed by atoms with E-state index in [9.17, 15) is 19.2 Å². The molecule has 3 atom stereocenters. The van der Waals surface area contributed by atoms with Gasteiger partial charge in [-0.2, -0.15) is 5.10 Å². The number of hydrogen-bond donors (Lipinski definition) is 2. The van der Waals surface area contributed by atoms with Crippen LogP contribution in [0.4, 0.5) is 19.7 Å². The Balaban J connectivity index is 2.29. The summed E-state index contributed by atoms with van der Waals surface area (Å²) in [5.41, 5.74) is 6.63. The van der Waals surface area contributed by atoms with Crippen LogP contribution in [0.15, 0.2) is 23.3 Å². The Bertz CT molecular complexity index is 1130. The molecule has 14 heteroatoms. The van der Waals surface area contributed by atoms with E-state index >= 15 is 4.39 Å². The third-order valence-electron chi connectivity index (χ3n) is 4.88. The van der Waals surface area contributed by atoms with Crippen molar-refractivity contribution in [1.29, 1.82) is 0 Å². The summed E-state index contributed by atoms with van der Waals surface area (Å²) in [4.78, 5) is 50.0. The third-order valence-corrected chi connectivity index (χ3v) is 5.96. The third kappa shape index (κ3) is 9.39. The number of cyclic esters (lactones) is 1. The number of hydrazone groups is 1. The molecule has 0 bridgehead atoms. The van der Waals surface area contributed by atoms with Crippen molar-refractivity contribution in [3.63, 3.8) is 0 Å². The van der Waals surface area contributed by atoms with E-state index in [2.05, 4.69) is 10.5 Å². The molecule has 0 aromatic heterocycles. The standard InChI is InChI=1S/C25H35FN4O8S/c1-13(20(31)35-8)39-19(28-29-22(33)38-25(5,6)7)15-10-9-14(11-16(15)26)30-12-17(36-23(30)34)18(27)21(32)37-24(2,3)4/h9-11,13,17-18H,12,27H2,1-8H3,(H,29,33)/b28-19+/t13?,17?,18-/m0/s1. The van der Waals surface area contributed by atoms with Gasteiger partial charge in [0.2, 0.25) is 0 Å². The topological polar surface area (TPSA) is 159 Å². The number of hydrogen-bond acceptors (Lipinski definition) is 11. The van der Waals surface area contributed by atoms with Crippen LogP contribution in [0.2, 0.25) is 0 Å². The van der Waals surface area contributed by atoms with E-state index in [1.165, 1.54) is 26.2 Å². The molecular weight excluding hydrogens is 535 g/mol. The molecule has 0 radical (unpaired) electrons. The van der Waals surface area contributed by atoms with E-state index in [1.807, 2.05) is 0 Å². The minimum absolute atomic E-state index is 0.0448. The fraction of sp³-hybridized carbons (Fsp3) is 0.560. The maximum Gasteiger partial charge on any atom is 0.428 e. The number of nitrogens with zero attached hydrogens (tertiary/aromatic N) is 2. The number of thioether (sulfide) groups is 1. The highest BCUT2D eigenvalue weighted by Gasteiger charge is 2.40. The lowest BCUT2D eigenvalue weighted by molar-refractivity contribution is -0.158. The summed E-state index contributed by atoms with van der Waals surface area (Å²) < 4.78 is 35.7. The summed E-state index contributed by atoms with van der Waals surface area (Å²) >= 11 is 0.847. The van der Waals surface area contributed by atoms with Gasteiger partial charge in [-0.15, -0.1) is 0 Å². The van der Waals surface area contributed by atoms with Gasteiger partial charge in [0.15, 0.2) is 0 Å². The predicted molar refractivity (Wildman–Crippen MR) is 143 cm³/mol. The summed E-state index contributed by atoms with van der Waals surface area (Å²) in [6, 6.07) is 2.57. The number of nitrogens with one attached hydrogen (secondary N) is 1. The van der Waals surface area contributed by atoms with E-state index in [0.29, 0.717) is 0 Å². The molecule has 3 N–H and O–H groups in total. The summed E-state index contributed by atoms with van der Waals surface area (Å²) in [5, 5.41) is 3.12. The average Bonchev–Trinajstić information content (AvgIpc) is 3.19. The van der Waals surface area contributed by atoms with Crippen LogP contribution in [0.1, 0.15) is 54.0 Å². The Morgan fingerprint density at radius 3 is 2.31 bits per heavy atom. The Kier molecular flexibility index (Phi) is 10.3. The average molecular weight is 571 g/mol. The number of benzene rings is 1. The Morgan fingerprint density at radius 2 is 1.77 bits per heavy atom. The summed E-state index contributed by atoms with van der Waals surface area (Å²) in [6.45, 7) is 11.4. The zero-order chi connectivity index (χ0) is 29.7. The molecule has 1 fully saturated rings. The molecule has 1 heterocycles. The van der Waals surface area contributed by atoms with Crippen LogP contribution in [-0.4, -0.2) is 71.4 Å². The highest BCUT2D eigenvalue weighted by molar-refractivity contribution is 8.15. The first-order chi connectivity index (χ1) is 17.9. The molecule has 2 rings (SSSR count). The first kappa shape index (κ1) is 31.8. The van der Waals surface area contributed by atoms with Gasteiger partial charge in [0, 0.05) is 5.56 Å². The van der Waals surface area contributed by atoms with Crippen LogP contribution in [0, 0.1) is 5.82 Å². The van der Waals surface area contributed by atoms with Gasteiger partial charge in [0.25, 0.3) is 0 Å². The number of halogens is 1. The van der Waals surface area contributed by atoms with Crippen LogP contribution < -0.4 is 16.1 Å². The second-order valence-corrected chi connectivity index (χ2v) is 11.9. The number of methoxy groups -OCH3 is 1. The molecule has 216 valence electrons. The highest BCUT2D eigenvalue weighted by atomic mass is 32.2. The number of ether oxygens (including phenoxy) is 4. The number of amides is 2. The molecule has 0 spiro atoms. The van der Waals surface area contributed by atoms with Crippen molar-refractivity contribution in [2.75, 3.05) is 18.6 Å². The van der Waals surface area contributed by atoms with E-state index in [0.717, 1.165) is 22.7 Å². The van der Waals surface area contributed by atoms with Gasteiger partial charge < -0.3 is 24.7 Å². The molecule has 1 aliphatic rings. The number of carbonyl (C=O) groups excluding carboxylic acids is 4. The Labute approximate surface area is 230 Å². The fourth-order valence-corrected chi connectivity index (χ4v) is 4.10. The zero-order valence-corrected chi connectivity index (χ0v) is 24.0. The molecular formula is C25H35FN4O8S. The number of anilines is 1. The number of esters is 2. The fourth-order valence-electron chi connectivity index (χ4n) is 3.18. The van der Waals surface area contributed by atoms with Crippen molar-refractivity contribution in [3.05, 3.63) is 29.6 Å². The molecule has 0 aliphatic carbocycles. The van der Waals surface area contributed by atoms with Gasteiger partial charge in [-0.3, -0.25) is 14.5 Å². The monoisotopic (exact) mass is 570 g/mol. The van der Waals surface area contributed by atoms with Crippen molar-refractivity contribution in [1.82, 2.24) is 5.43 Å². The molecule has 2 unspecified atom stereocenters. The lowest BCUT2D eigenvalue weighted by Gasteiger charge is -2.24. The van der Waals surface area contributed by atoms with Crippen molar-refractivity contribution < 1.29 is 42.5 Å². The summed E-state index contributed by atoms with van der Waals surface area (Å²) in [5.74, 6) is -2.14. The number of rotatable bonds is 7. The van der Waals surface area contributed by atoms with Gasteiger partial charge in [-0.05, 0) is 66.7 Å². The lowest BCUT2D eigenvalue weighted by atomic mass is 10.1. The van der Waals surface area contributed by atoms with Crippen LogP contribution in [0.3, 0.4) is 0 Å². The molecule has 0 saturated carbocycles. The predicted octanol–water partition coefficient (Wildman–Crippen LogP) is 3.30. The maximum atomic E-state index is 15.3. The van der Waals surface area contributed by atoms with Crippen molar-refractivity contribution in [3.8, 4) is 0 Å². The van der Waals surface area contributed by atoms with Gasteiger partial charge in [0.05, 0.1) is 19.3 Å². The molecule has 1 aromatic carbocycles. The van der Waals surface area contributed by atoms with Crippen molar-refractivity contribution >= 4 is 46.6 Å². The second-order valence-electron chi connectivity index (χ2n) is 10.6. The smallest absolute Gasteiger partial charge is 0.428 e.